The van der Waals surface area contributed by atoms with E-state index < -0.39 is 0 Å². The summed E-state index contributed by atoms with van der Waals surface area (Å²) in [6.45, 7) is 2.17. The van der Waals surface area contributed by atoms with Gasteiger partial charge in [0.2, 0.25) is 0 Å². The predicted octanol–water partition coefficient (Wildman–Crippen LogP) is 9.87. The lowest BCUT2D eigenvalue weighted by atomic mass is 10.0. The minimum atomic E-state index is 1.14. The van der Waals surface area contributed by atoms with Crippen LogP contribution in [-0.2, 0) is 0 Å². The lowest BCUT2D eigenvalue weighted by Crippen LogP contribution is -2.10. The zero-order valence-corrected chi connectivity index (χ0v) is 20.5. The van der Waals surface area contributed by atoms with Gasteiger partial charge in [0.05, 0.1) is 5.69 Å². The number of thiophene rings is 1. The number of nitrogens with zero attached hydrogens (tertiary/aromatic N) is 1. The SMILES string of the molecule is Cc1cc(C=Cc2ccccc2N(c2ccccc2)c2ccccc2)ccc1C=Cc1ccsc1. The fourth-order valence-corrected chi connectivity index (χ4v) is 4.77. The minimum Gasteiger partial charge on any atom is -0.310 e. The molecule has 0 amide bonds. The van der Waals surface area contributed by atoms with Crippen molar-refractivity contribution >= 4 is 52.7 Å². The van der Waals surface area contributed by atoms with E-state index in [0.717, 1.165) is 17.1 Å². The number of hydrogen-bond acceptors (Lipinski definition) is 2. The Morgan fingerprint density at radius 3 is 1.86 bits per heavy atom. The third-order valence-electron chi connectivity index (χ3n) is 5.95. The molecule has 5 aromatic rings. The van der Waals surface area contributed by atoms with E-state index in [-0.39, 0.29) is 0 Å². The van der Waals surface area contributed by atoms with E-state index in [1.165, 1.54) is 27.8 Å². The molecule has 0 N–H and O–H groups in total. The van der Waals surface area contributed by atoms with Crippen LogP contribution in [0.1, 0.15) is 27.8 Å². The van der Waals surface area contributed by atoms with Gasteiger partial charge in [-0.1, -0.05) is 97.1 Å². The van der Waals surface area contributed by atoms with E-state index in [9.17, 15) is 0 Å². The Balaban J connectivity index is 1.46. The molecule has 0 saturated carbocycles. The summed E-state index contributed by atoms with van der Waals surface area (Å²) < 4.78 is 0. The van der Waals surface area contributed by atoms with Gasteiger partial charge in [-0.2, -0.15) is 11.3 Å². The quantitative estimate of drug-likeness (QED) is 0.214. The molecular weight excluding hydrogens is 442 g/mol. The molecule has 0 bridgehead atoms. The third kappa shape index (κ3) is 5.51. The summed E-state index contributed by atoms with van der Waals surface area (Å²) in [5, 5.41) is 4.27. The molecule has 0 radical (unpaired) electrons. The second-order valence-corrected chi connectivity index (χ2v) is 9.18. The molecule has 1 aromatic heterocycles. The van der Waals surface area contributed by atoms with Gasteiger partial charge in [-0.05, 0) is 81.9 Å². The minimum absolute atomic E-state index is 1.14. The van der Waals surface area contributed by atoms with E-state index in [4.69, 9.17) is 0 Å². The van der Waals surface area contributed by atoms with Gasteiger partial charge in [0.25, 0.3) is 0 Å². The van der Waals surface area contributed by atoms with Crippen LogP contribution < -0.4 is 4.90 Å². The fourth-order valence-electron chi connectivity index (χ4n) is 4.14. The van der Waals surface area contributed by atoms with Gasteiger partial charge in [0, 0.05) is 11.4 Å². The van der Waals surface area contributed by atoms with Crippen molar-refractivity contribution < 1.29 is 0 Å². The van der Waals surface area contributed by atoms with Crippen molar-refractivity contribution in [3.63, 3.8) is 0 Å². The molecular formula is C33H27NS. The molecule has 170 valence electrons. The number of rotatable bonds is 7. The molecule has 0 fully saturated rings. The van der Waals surface area contributed by atoms with Gasteiger partial charge >= 0.3 is 0 Å². The van der Waals surface area contributed by atoms with Crippen LogP contribution in [0.4, 0.5) is 17.1 Å². The Kier molecular flexibility index (Phi) is 7.02. The maximum atomic E-state index is 2.31. The summed E-state index contributed by atoms with van der Waals surface area (Å²) in [4.78, 5) is 2.31. The molecule has 35 heavy (non-hydrogen) atoms. The lowest BCUT2D eigenvalue weighted by molar-refractivity contribution is 1.28. The molecule has 0 unspecified atom stereocenters. The average Bonchev–Trinajstić information content (AvgIpc) is 3.43. The largest absolute Gasteiger partial charge is 0.310 e. The normalized spacial score (nSPS) is 11.3. The summed E-state index contributed by atoms with van der Waals surface area (Å²) in [5.74, 6) is 0. The Morgan fingerprint density at radius 2 is 1.20 bits per heavy atom. The summed E-state index contributed by atoms with van der Waals surface area (Å²) in [6.07, 6.45) is 8.78. The molecule has 4 aromatic carbocycles. The molecule has 5 rings (SSSR count). The summed E-state index contributed by atoms with van der Waals surface area (Å²) in [6, 6.07) is 38.4. The van der Waals surface area contributed by atoms with Crippen molar-refractivity contribution in [2.45, 2.75) is 6.92 Å². The smallest absolute Gasteiger partial charge is 0.0533 e. The fraction of sp³-hybridized carbons (Fsp3) is 0.0303. The van der Waals surface area contributed by atoms with E-state index in [0.29, 0.717) is 0 Å². The highest BCUT2D eigenvalue weighted by molar-refractivity contribution is 7.08. The van der Waals surface area contributed by atoms with Crippen LogP contribution in [0.3, 0.4) is 0 Å². The van der Waals surface area contributed by atoms with Crippen molar-refractivity contribution in [1.82, 2.24) is 0 Å². The Bertz CT molecular complexity index is 1390. The van der Waals surface area contributed by atoms with Crippen LogP contribution in [0, 0.1) is 6.92 Å². The Hall–Kier alpha value is -4.14. The predicted molar refractivity (Wildman–Crippen MR) is 154 cm³/mol. The first-order valence-electron chi connectivity index (χ1n) is 11.8. The van der Waals surface area contributed by atoms with Crippen molar-refractivity contribution in [3.8, 4) is 0 Å². The van der Waals surface area contributed by atoms with E-state index in [1.54, 1.807) is 11.3 Å². The van der Waals surface area contributed by atoms with Crippen molar-refractivity contribution in [2.75, 3.05) is 4.90 Å². The topological polar surface area (TPSA) is 3.24 Å². The molecule has 1 nitrogen and oxygen atoms in total. The van der Waals surface area contributed by atoms with Crippen LogP contribution in [0.2, 0.25) is 0 Å². The van der Waals surface area contributed by atoms with Crippen LogP contribution in [-0.4, -0.2) is 0 Å². The van der Waals surface area contributed by atoms with E-state index in [2.05, 4.69) is 156 Å². The van der Waals surface area contributed by atoms with Gasteiger partial charge < -0.3 is 4.90 Å². The number of hydrogen-bond donors (Lipinski definition) is 0. The van der Waals surface area contributed by atoms with Gasteiger partial charge in [-0.15, -0.1) is 0 Å². The molecule has 2 heteroatoms. The van der Waals surface area contributed by atoms with Crippen LogP contribution >= 0.6 is 11.3 Å². The van der Waals surface area contributed by atoms with E-state index in [1.807, 2.05) is 0 Å². The molecule has 1 heterocycles. The monoisotopic (exact) mass is 469 g/mol. The highest BCUT2D eigenvalue weighted by Gasteiger charge is 2.14. The summed E-state index contributed by atoms with van der Waals surface area (Å²) >= 11 is 1.72. The third-order valence-corrected chi connectivity index (χ3v) is 6.66. The number of benzene rings is 4. The molecule has 0 aliphatic rings. The molecule has 0 aliphatic heterocycles. The van der Waals surface area contributed by atoms with Gasteiger partial charge in [-0.3, -0.25) is 0 Å². The van der Waals surface area contributed by atoms with Crippen LogP contribution in [0.15, 0.2) is 120 Å². The Labute approximate surface area is 212 Å². The Morgan fingerprint density at radius 1 is 0.571 bits per heavy atom. The number of aryl methyl sites for hydroxylation is 1. The highest BCUT2D eigenvalue weighted by Crippen LogP contribution is 2.36. The molecule has 0 saturated heterocycles. The molecule has 0 spiro atoms. The van der Waals surface area contributed by atoms with Crippen molar-refractivity contribution in [3.05, 3.63) is 148 Å². The average molecular weight is 470 g/mol. The van der Waals surface area contributed by atoms with Crippen molar-refractivity contribution in [2.24, 2.45) is 0 Å². The maximum absolute atomic E-state index is 2.31. The second-order valence-electron chi connectivity index (χ2n) is 8.40. The summed E-state index contributed by atoms with van der Waals surface area (Å²) in [7, 11) is 0. The highest BCUT2D eigenvalue weighted by atomic mass is 32.1. The molecule has 0 atom stereocenters. The first-order chi connectivity index (χ1) is 17.3. The first-order valence-corrected chi connectivity index (χ1v) is 12.7. The standard InChI is InChI=1S/C33H27NS/c1-26-24-27(16-19-29(26)20-18-28-22-23-35-25-28)17-21-30-10-8-9-15-33(30)34(31-11-4-2-5-12-31)32-13-6-3-7-14-32/h2-25H,1H3. The van der Waals surface area contributed by atoms with E-state index >= 15 is 0 Å². The lowest BCUT2D eigenvalue weighted by Gasteiger charge is -2.27. The molecule has 0 aliphatic carbocycles. The van der Waals surface area contributed by atoms with Gasteiger partial charge in [-0.25, -0.2) is 0 Å². The van der Waals surface area contributed by atoms with Gasteiger partial charge in [0.15, 0.2) is 0 Å². The summed E-state index contributed by atoms with van der Waals surface area (Å²) in [5.41, 5.74) is 9.53. The first kappa shape index (κ1) is 22.6. The maximum Gasteiger partial charge on any atom is 0.0533 e. The van der Waals surface area contributed by atoms with Crippen LogP contribution in [0.5, 0.6) is 0 Å². The number of para-hydroxylation sites is 3. The zero-order chi connectivity index (χ0) is 23.9. The zero-order valence-electron chi connectivity index (χ0n) is 19.7. The van der Waals surface area contributed by atoms with Crippen molar-refractivity contribution in [1.29, 1.82) is 0 Å². The van der Waals surface area contributed by atoms with Crippen LogP contribution in [0.25, 0.3) is 24.3 Å². The van der Waals surface area contributed by atoms with Gasteiger partial charge in [0.1, 0.15) is 0 Å². The second kappa shape index (κ2) is 10.9. The number of anilines is 3.